The third-order valence-electron chi connectivity index (χ3n) is 0.852. The maximum absolute atomic E-state index is 5.24. The Morgan fingerprint density at radius 1 is 1.89 bits per heavy atom. The van der Waals surface area contributed by atoms with Crippen LogP contribution < -0.4 is 5.73 Å². The number of hydrogen-bond acceptors (Lipinski definition) is 3. The molecule has 4 nitrogen and oxygen atoms in total. The number of nitrogens with two attached hydrogens (primary N) is 1. The molecule has 0 unspecified atom stereocenters. The summed E-state index contributed by atoms with van der Waals surface area (Å²) in [4.78, 5) is 1.69. The topological polar surface area (TPSA) is 56.7 Å². The van der Waals surface area contributed by atoms with E-state index in [0.29, 0.717) is 5.69 Å². The van der Waals surface area contributed by atoms with Crippen LogP contribution >= 0.6 is 12.2 Å². The zero-order chi connectivity index (χ0) is 6.85. The summed E-state index contributed by atoms with van der Waals surface area (Å²) >= 11 is 4.64. The van der Waals surface area contributed by atoms with Crippen molar-refractivity contribution in [2.24, 2.45) is 12.8 Å². The van der Waals surface area contributed by atoms with Gasteiger partial charge in [0, 0.05) is 7.05 Å². The van der Waals surface area contributed by atoms with E-state index in [4.69, 9.17) is 5.73 Å². The van der Waals surface area contributed by atoms with Crippen LogP contribution in [0, 0.1) is 0 Å². The second-order valence-electron chi connectivity index (χ2n) is 1.58. The van der Waals surface area contributed by atoms with Crippen LogP contribution in [0.3, 0.4) is 0 Å². The van der Waals surface area contributed by atoms with Gasteiger partial charge in [-0.25, -0.2) is 0 Å². The summed E-state index contributed by atoms with van der Waals surface area (Å²) in [6, 6.07) is 0. The zero-order valence-electron chi connectivity index (χ0n) is 4.90. The van der Waals surface area contributed by atoms with Crippen molar-refractivity contribution in [1.82, 2.24) is 15.0 Å². The van der Waals surface area contributed by atoms with Crippen molar-refractivity contribution in [2.45, 2.75) is 0 Å². The lowest BCUT2D eigenvalue weighted by Crippen LogP contribution is -2.10. The highest BCUT2D eigenvalue weighted by Gasteiger charge is 1.97. The summed E-state index contributed by atoms with van der Waals surface area (Å²) < 4.78 is 0. The van der Waals surface area contributed by atoms with Gasteiger partial charge >= 0.3 is 0 Å². The normalized spacial score (nSPS) is 9.44. The fourth-order valence-electron chi connectivity index (χ4n) is 0.459. The lowest BCUT2D eigenvalue weighted by Gasteiger charge is -1.84. The first-order valence-corrected chi connectivity index (χ1v) is 2.77. The van der Waals surface area contributed by atoms with E-state index >= 15 is 0 Å². The summed E-state index contributed by atoms with van der Waals surface area (Å²) in [6.45, 7) is 0. The molecule has 9 heavy (non-hydrogen) atoms. The van der Waals surface area contributed by atoms with E-state index < -0.39 is 0 Å². The van der Waals surface area contributed by atoms with Crippen LogP contribution in [0.15, 0.2) is 6.20 Å². The average Bonchev–Trinajstić information content (AvgIpc) is 2.14. The van der Waals surface area contributed by atoms with E-state index in [-0.39, 0.29) is 4.99 Å². The molecule has 1 aromatic heterocycles. The third kappa shape index (κ3) is 1.23. The van der Waals surface area contributed by atoms with Crippen molar-refractivity contribution >= 4 is 17.2 Å². The van der Waals surface area contributed by atoms with E-state index in [1.165, 1.54) is 11.0 Å². The van der Waals surface area contributed by atoms with Crippen molar-refractivity contribution in [3.63, 3.8) is 0 Å². The second-order valence-corrected chi connectivity index (χ2v) is 2.02. The predicted octanol–water partition coefficient (Wildman–Crippen LogP) is -0.551. The van der Waals surface area contributed by atoms with E-state index in [9.17, 15) is 0 Å². The van der Waals surface area contributed by atoms with Crippen molar-refractivity contribution in [3.05, 3.63) is 11.9 Å². The molecule has 0 saturated heterocycles. The first kappa shape index (κ1) is 6.15. The molecule has 5 heteroatoms. The van der Waals surface area contributed by atoms with E-state index in [1.807, 2.05) is 0 Å². The Morgan fingerprint density at radius 2 is 2.56 bits per heavy atom. The first-order chi connectivity index (χ1) is 4.20. The Labute approximate surface area is 57.7 Å². The highest BCUT2D eigenvalue weighted by atomic mass is 32.1. The molecule has 0 saturated carbocycles. The second kappa shape index (κ2) is 2.10. The fraction of sp³-hybridized carbons (Fsp3) is 0.250. The molecule has 0 bridgehead atoms. The van der Waals surface area contributed by atoms with Gasteiger partial charge in [-0.2, -0.15) is 15.0 Å². The molecule has 0 aliphatic rings. The molecule has 2 N–H and O–H groups in total. The molecule has 0 aromatic carbocycles. The van der Waals surface area contributed by atoms with Crippen molar-refractivity contribution in [1.29, 1.82) is 0 Å². The molecule has 0 atom stereocenters. The highest BCUT2D eigenvalue weighted by Crippen LogP contribution is 1.87. The molecule has 1 rings (SSSR count). The van der Waals surface area contributed by atoms with Crippen molar-refractivity contribution in [2.75, 3.05) is 0 Å². The summed E-state index contributed by atoms with van der Waals surface area (Å²) in [6.07, 6.45) is 1.53. The first-order valence-electron chi connectivity index (χ1n) is 2.36. The van der Waals surface area contributed by atoms with Crippen molar-refractivity contribution < 1.29 is 0 Å². The average molecular weight is 142 g/mol. The van der Waals surface area contributed by atoms with Crippen LogP contribution in [0.4, 0.5) is 0 Å². The van der Waals surface area contributed by atoms with Crippen LogP contribution in [-0.2, 0) is 7.05 Å². The van der Waals surface area contributed by atoms with Gasteiger partial charge in [0.2, 0.25) is 0 Å². The molecule has 0 amide bonds. The molecule has 1 heterocycles. The van der Waals surface area contributed by atoms with Gasteiger partial charge in [-0.3, -0.25) is 0 Å². The van der Waals surface area contributed by atoms with E-state index in [2.05, 4.69) is 22.4 Å². The Balaban J connectivity index is 2.98. The maximum Gasteiger partial charge on any atom is 0.139 e. The quantitative estimate of drug-likeness (QED) is 0.534. The van der Waals surface area contributed by atoms with E-state index in [1.54, 1.807) is 7.05 Å². The smallest absolute Gasteiger partial charge is 0.139 e. The SMILES string of the molecule is Cn1ncc(C(N)=S)n1. The Kier molecular flexibility index (Phi) is 1.44. The highest BCUT2D eigenvalue weighted by molar-refractivity contribution is 7.80. The molecular weight excluding hydrogens is 136 g/mol. The number of thiocarbonyl (C=S) groups is 1. The van der Waals surface area contributed by atoms with Gasteiger partial charge < -0.3 is 5.73 Å². The number of aryl methyl sites for hydroxylation is 1. The molecule has 1 aromatic rings. The van der Waals surface area contributed by atoms with Gasteiger partial charge in [0.25, 0.3) is 0 Å². The summed E-state index contributed by atoms with van der Waals surface area (Å²) in [7, 11) is 1.71. The van der Waals surface area contributed by atoms with Gasteiger partial charge in [-0.05, 0) is 0 Å². The fourth-order valence-corrected chi connectivity index (χ4v) is 0.552. The minimum atomic E-state index is 0.281. The zero-order valence-corrected chi connectivity index (χ0v) is 5.72. The minimum absolute atomic E-state index is 0.281. The molecule has 0 aliphatic heterocycles. The third-order valence-corrected chi connectivity index (χ3v) is 1.06. The Hall–Kier alpha value is -0.970. The molecule has 0 spiro atoms. The van der Waals surface area contributed by atoms with Crippen molar-refractivity contribution in [3.8, 4) is 0 Å². The Morgan fingerprint density at radius 3 is 2.78 bits per heavy atom. The Bertz CT molecular complexity index is 228. The van der Waals surface area contributed by atoms with Gasteiger partial charge in [-0.15, -0.1) is 0 Å². The lowest BCUT2D eigenvalue weighted by molar-refractivity contribution is 0.653. The summed E-state index contributed by atoms with van der Waals surface area (Å²) in [5.74, 6) is 0. The monoisotopic (exact) mass is 142 g/mol. The minimum Gasteiger partial charge on any atom is -0.388 e. The lowest BCUT2D eigenvalue weighted by atomic mass is 10.5. The van der Waals surface area contributed by atoms with Crippen LogP contribution in [0.1, 0.15) is 5.69 Å². The van der Waals surface area contributed by atoms with Gasteiger partial charge in [-0.1, -0.05) is 12.2 Å². The maximum atomic E-state index is 5.24. The number of aromatic nitrogens is 3. The summed E-state index contributed by atoms with van der Waals surface area (Å²) in [5.41, 5.74) is 5.81. The van der Waals surface area contributed by atoms with Crippen LogP contribution in [0.2, 0.25) is 0 Å². The molecule has 0 aliphatic carbocycles. The largest absolute Gasteiger partial charge is 0.388 e. The van der Waals surface area contributed by atoms with Crippen LogP contribution in [0.5, 0.6) is 0 Å². The molecule has 0 fully saturated rings. The van der Waals surface area contributed by atoms with Gasteiger partial charge in [0.05, 0.1) is 6.20 Å². The van der Waals surface area contributed by atoms with E-state index in [0.717, 1.165) is 0 Å². The van der Waals surface area contributed by atoms with Gasteiger partial charge in [0.1, 0.15) is 10.7 Å². The molecular formula is C4H6N4S. The standard InChI is InChI=1S/C4H6N4S/c1-8-6-2-3(7-8)4(5)9/h2H,1H3,(H2,5,9). The molecule has 0 radical (unpaired) electrons. The van der Waals surface area contributed by atoms with Gasteiger partial charge in [0.15, 0.2) is 0 Å². The predicted molar refractivity (Wildman–Crippen MR) is 36.9 cm³/mol. The van der Waals surface area contributed by atoms with Crippen LogP contribution in [-0.4, -0.2) is 20.0 Å². The summed E-state index contributed by atoms with van der Waals surface area (Å²) in [5, 5.41) is 7.63. The number of rotatable bonds is 1. The number of nitrogens with zero attached hydrogens (tertiary/aromatic N) is 3. The van der Waals surface area contributed by atoms with Crippen LogP contribution in [0.25, 0.3) is 0 Å². The molecule has 48 valence electrons. The number of hydrogen-bond donors (Lipinski definition) is 1.